The maximum absolute atomic E-state index is 12.3. The first-order valence-electron chi connectivity index (χ1n) is 8.26. The molecule has 0 bridgehead atoms. The van der Waals surface area contributed by atoms with Crippen LogP contribution >= 0.6 is 0 Å². The SMILES string of the molecule is CC[C@H](C)[C@H](NC(=O)CC(C)(C)CC(=O)c1ccccc1)C(=O)O. The molecule has 0 unspecified atom stereocenters. The number of carbonyl (C=O) groups is 3. The predicted octanol–water partition coefficient (Wildman–Crippen LogP) is 3.29. The van der Waals surface area contributed by atoms with E-state index in [0.717, 1.165) is 0 Å². The van der Waals surface area contributed by atoms with E-state index in [9.17, 15) is 19.5 Å². The Morgan fingerprint density at radius 1 is 1.12 bits per heavy atom. The molecule has 132 valence electrons. The number of benzene rings is 1. The minimum Gasteiger partial charge on any atom is -0.480 e. The van der Waals surface area contributed by atoms with E-state index in [1.165, 1.54) is 0 Å². The van der Waals surface area contributed by atoms with Gasteiger partial charge in [0, 0.05) is 18.4 Å². The number of aliphatic carboxylic acids is 1. The van der Waals surface area contributed by atoms with Crippen LogP contribution in [-0.2, 0) is 9.59 Å². The van der Waals surface area contributed by atoms with Crippen molar-refractivity contribution in [1.29, 1.82) is 0 Å². The summed E-state index contributed by atoms with van der Waals surface area (Å²) in [7, 11) is 0. The van der Waals surface area contributed by atoms with Gasteiger partial charge in [0.05, 0.1) is 0 Å². The summed E-state index contributed by atoms with van der Waals surface area (Å²) in [5, 5.41) is 11.8. The lowest BCUT2D eigenvalue weighted by molar-refractivity contribution is -0.143. The summed E-state index contributed by atoms with van der Waals surface area (Å²) in [5.41, 5.74) is 0.0733. The van der Waals surface area contributed by atoms with E-state index in [0.29, 0.717) is 12.0 Å². The fourth-order valence-corrected chi connectivity index (χ4v) is 2.57. The van der Waals surface area contributed by atoms with Crippen molar-refractivity contribution in [3.05, 3.63) is 35.9 Å². The summed E-state index contributed by atoms with van der Waals surface area (Å²) in [6.07, 6.45) is 0.990. The normalized spacial score (nSPS) is 13.8. The van der Waals surface area contributed by atoms with Gasteiger partial charge in [0.1, 0.15) is 6.04 Å². The van der Waals surface area contributed by atoms with Gasteiger partial charge < -0.3 is 10.4 Å². The van der Waals surface area contributed by atoms with Gasteiger partial charge in [-0.2, -0.15) is 0 Å². The van der Waals surface area contributed by atoms with Gasteiger partial charge in [0.2, 0.25) is 5.91 Å². The van der Waals surface area contributed by atoms with Gasteiger partial charge in [0.15, 0.2) is 5.78 Å². The molecule has 0 aliphatic rings. The van der Waals surface area contributed by atoms with Crippen LogP contribution in [-0.4, -0.2) is 28.8 Å². The fourth-order valence-electron chi connectivity index (χ4n) is 2.57. The van der Waals surface area contributed by atoms with E-state index < -0.39 is 17.4 Å². The molecule has 0 heterocycles. The molecule has 0 saturated carbocycles. The van der Waals surface area contributed by atoms with Crippen LogP contribution in [0.15, 0.2) is 30.3 Å². The number of hydrogen-bond acceptors (Lipinski definition) is 3. The molecule has 0 aliphatic heterocycles. The number of amides is 1. The van der Waals surface area contributed by atoms with Crippen molar-refractivity contribution in [3.63, 3.8) is 0 Å². The first kappa shape index (κ1) is 19.9. The van der Waals surface area contributed by atoms with E-state index in [2.05, 4.69) is 5.32 Å². The molecule has 0 radical (unpaired) electrons. The topological polar surface area (TPSA) is 83.5 Å². The van der Waals surface area contributed by atoms with Crippen molar-refractivity contribution in [1.82, 2.24) is 5.32 Å². The molecule has 24 heavy (non-hydrogen) atoms. The Kier molecular flexibility index (Phi) is 7.14. The Hall–Kier alpha value is -2.17. The number of carboxylic acids is 1. The zero-order chi connectivity index (χ0) is 18.3. The summed E-state index contributed by atoms with van der Waals surface area (Å²) in [5.74, 6) is -1.55. The molecular formula is C19H27NO4. The maximum atomic E-state index is 12.3. The van der Waals surface area contributed by atoms with Crippen LogP contribution in [0.3, 0.4) is 0 Å². The molecule has 1 aromatic carbocycles. The van der Waals surface area contributed by atoms with Crippen LogP contribution in [0.2, 0.25) is 0 Å². The van der Waals surface area contributed by atoms with Gasteiger partial charge in [0.25, 0.3) is 0 Å². The molecule has 0 saturated heterocycles. The Labute approximate surface area is 143 Å². The third-order valence-electron chi connectivity index (χ3n) is 4.17. The molecule has 0 aliphatic carbocycles. The zero-order valence-corrected chi connectivity index (χ0v) is 14.8. The van der Waals surface area contributed by atoms with Crippen LogP contribution in [0.25, 0.3) is 0 Å². The highest BCUT2D eigenvalue weighted by Crippen LogP contribution is 2.27. The van der Waals surface area contributed by atoms with Crippen molar-refractivity contribution < 1.29 is 19.5 Å². The van der Waals surface area contributed by atoms with Gasteiger partial charge in [-0.25, -0.2) is 4.79 Å². The number of carbonyl (C=O) groups excluding carboxylic acids is 2. The molecule has 1 aromatic rings. The molecule has 2 N–H and O–H groups in total. The van der Waals surface area contributed by atoms with E-state index in [1.54, 1.807) is 31.2 Å². The Balaban J connectivity index is 2.67. The number of nitrogens with one attached hydrogen (secondary N) is 1. The highest BCUT2D eigenvalue weighted by Gasteiger charge is 2.30. The van der Waals surface area contributed by atoms with Gasteiger partial charge in [-0.1, -0.05) is 64.4 Å². The second kappa shape index (κ2) is 8.62. The lowest BCUT2D eigenvalue weighted by Crippen LogP contribution is -2.46. The van der Waals surface area contributed by atoms with E-state index >= 15 is 0 Å². The van der Waals surface area contributed by atoms with Crippen LogP contribution in [0.1, 0.15) is 57.3 Å². The quantitative estimate of drug-likeness (QED) is 0.679. The van der Waals surface area contributed by atoms with E-state index in [-0.39, 0.29) is 30.4 Å². The predicted molar refractivity (Wildman–Crippen MR) is 92.8 cm³/mol. The molecule has 0 aromatic heterocycles. The number of ketones is 1. The number of carboxylic acid groups (broad SMARTS) is 1. The molecule has 2 atom stereocenters. The second-order valence-corrected chi connectivity index (χ2v) is 7.08. The largest absolute Gasteiger partial charge is 0.480 e. The van der Waals surface area contributed by atoms with Gasteiger partial charge in [-0.3, -0.25) is 9.59 Å². The van der Waals surface area contributed by atoms with Crippen molar-refractivity contribution in [3.8, 4) is 0 Å². The minimum atomic E-state index is -1.03. The molecule has 0 fully saturated rings. The standard InChI is InChI=1S/C19H27NO4/c1-5-13(2)17(18(23)24)20-16(22)12-19(3,4)11-15(21)14-9-7-6-8-10-14/h6-10,13,17H,5,11-12H2,1-4H3,(H,20,22)(H,23,24)/t13-,17-/m0/s1. The highest BCUT2D eigenvalue weighted by atomic mass is 16.4. The van der Waals surface area contributed by atoms with Crippen LogP contribution in [0, 0.1) is 11.3 Å². The zero-order valence-electron chi connectivity index (χ0n) is 14.8. The highest BCUT2D eigenvalue weighted by molar-refractivity contribution is 5.96. The second-order valence-electron chi connectivity index (χ2n) is 7.08. The Morgan fingerprint density at radius 2 is 1.71 bits per heavy atom. The smallest absolute Gasteiger partial charge is 0.326 e. The molecule has 1 amide bonds. The molecular weight excluding hydrogens is 306 g/mol. The minimum absolute atomic E-state index is 0.0230. The molecule has 5 nitrogen and oxygen atoms in total. The lowest BCUT2D eigenvalue weighted by Gasteiger charge is -2.26. The lowest BCUT2D eigenvalue weighted by atomic mass is 9.82. The van der Waals surface area contributed by atoms with Crippen LogP contribution in [0.5, 0.6) is 0 Å². The first-order valence-corrected chi connectivity index (χ1v) is 8.26. The van der Waals surface area contributed by atoms with Crippen molar-refractivity contribution in [2.24, 2.45) is 11.3 Å². The van der Waals surface area contributed by atoms with Gasteiger partial charge >= 0.3 is 5.97 Å². The van der Waals surface area contributed by atoms with Crippen LogP contribution in [0.4, 0.5) is 0 Å². The number of hydrogen-bond donors (Lipinski definition) is 2. The van der Waals surface area contributed by atoms with E-state index in [1.807, 2.05) is 26.8 Å². The third-order valence-corrected chi connectivity index (χ3v) is 4.17. The fraction of sp³-hybridized carbons (Fsp3) is 0.526. The monoisotopic (exact) mass is 333 g/mol. The third kappa shape index (κ3) is 6.14. The van der Waals surface area contributed by atoms with Gasteiger partial charge in [-0.05, 0) is 11.3 Å². The average molecular weight is 333 g/mol. The Morgan fingerprint density at radius 3 is 2.21 bits per heavy atom. The van der Waals surface area contributed by atoms with E-state index in [4.69, 9.17) is 0 Å². The number of rotatable bonds is 9. The molecule has 1 rings (SSSR count). The number of Topliss-reactive ketones (excluding diaryl/α,β-unsaturated/α-hetero) is 1. The van der Waals surface area contributed by atoms with Gasteiger partial charge in [-0.15, -0.1) is 0 Å². The summed E-state index contributed by atoms with van der Waals surface area (Å²) < 4.78 is 0. The maximum Gasteiger partial charge on any atom is 0.326 e. The van der Waals surface area contributed by atoms with Crippen LogP contribution < -0.4 is 5.32 Å². The van der Waals surface area contributed by atoms with Crippen molar-refractivity contribution in [2.45, 2.75) is 53.0 Å². The first-order chi connectivity index (χ1) is 11.2. The summed E-state index contributed by atoms with van der Waals surface area (Å²) in [4.78, 5) is 35.8. The Bertz CT molecular complexity index is 580. The average Bonchev–Trinajstić information content (AvgIpc) is 2.51. The molecule has 0 spiro atoms. The molecule has 5 heteroatoms. The summed E-state index contributed by atoms with van der Waals surface area (Å²) >= 11 is 0. The van der Waals surface area contributed by atoms with Crippen molar-refractivity contribution in [2.75, 3.05) is 0 Å². The summed E-state index contributed by atoms with van der Waals surface area (Å²) in [6, 6.07) is 8.05. The van der Waals surface area contributed by atoms with Crippen molar-refractivity contribution >= 4 is 17.7 Å². The summed E-state index contributed by atoms with van der Waals surface area (Å²) in [6.45, 7) is 7.36.